The summed E-state index contributed by atoms with van der Waals surface area (Å²) >= 11 is 16.6. The fraction of sp³-hybridized carbons (Fsp3) is 0.333. The Morgan fingerprint density at radius 2 is 1.78 bits per heavy atom. The van der Waals surface area contributed by atoms with E-state index in [0.29, 0.717) is 15.7 Å². The first-order chi connectivity index (χ1) is 8.31. The number of nitrogens with one attached hydrogen (secondary N) is 1. The van der Waals surface area contributed by atoms with Crippen molar-refractivity contribution in [2.24, 2.45) is 17.6 Å². The van der Waals surface area contributed by atoms with Gasteiger partial charge in [-0.05, 0) is 24.1 Å². The quantitative estimate of drug-likeness (QED) is 0.837. The fourth-order valence-electron chi connectivity index (χ4n) is 1.61. The Bertz CT molecular complexity index is 457. The third-order valence-electron chi connectivity index (χ3n) is 2.39. The van der Waals surface area contributed by atoms with Gasteiger partial charge in [0.05, 0.1) is 10.9 Å². The smallest absolute Gasteiger partial charge is 0.234 e. The number of carbonyl (C=O) groups excluding carboxylic acids is 1. The van der Waals surface area contributed by atoms with Crippen LogP contribution in [0.25, 0.3) is 0 Å². The molecule has 0 radical (unpaired) electrons. The van der Waals surface area contributed by atoms with Crippen LogP contribution in [-0.4, -0.2) is 10.9 Å². The van der Waals surface area contributed by atoms with Crippen molar-refractivity contribution in [3.8, 4) is 0 Å². The second kappa shape index (κ2) is 6.36. The number of hydrogen-bond donors (Lipinski definition) is 2. The molecular weight excluding hydrogens is 291 g/mol. The topological polar surface area (TPSA) is 55.1 Å². The highest BCUT2D eigenvalue weighted by Gasteiger charge is 2.25. The molecule has 1 atom stereocenters. The van der Waals surface area contributed by atoms with Crippen LogP contribution in [0.2, 0.25) is 10.0 Å². The maximum atomic E-state index is 12.1. The minimum Gasteiger partial charge on any atom is -0.393 e. The summed E-state index contributed by atoms with van der Waals surface area (Å²) in [5.74, 6) is -0.745. The molecule has 0 fully saturated rings. The van der Waals surface area contributed by atoms with Gasteiger partial charge in [-0.2, -0.15) is 0 Å². The van der Waals surface area contributed by atoms with Gasteiger partial charge in [0.25, 0.3) is 0 Å². The SMILES string of the molecule is CC(C)C(C(=O)Nc1cc(Cl)cc(Cl)c1)C(N)=S. The van der Waals surface area contributed by atoms with Crippen LogP contribution in [0.15, 0.2) is 18.2 Å². The largest absolute Gasteiger partial charge is 0.393 e. The zero-order chi connectivity index (χ0) is 13.9. The molecule has 3 nitrogen and oxygen atoms in total. The zero-order valence-electron chi connectivity index (χ0n) is 10.0. The molecule has 1 aromatic rings. The second-order valence-corrected chi connectivity index (χ2v) is 5.62. The van der Waals surface area contributed by atoms with Crippen LogP contribution in [-0.2, 0) is 4.79 Å². The van der Waals surface area contributed by atoms with Crippen molar-refractivity contribution in [1.29, 1.82) is 0 Å². The van der Waals surface area contributed by atoms with E-state index in [-0.39, 0.29) is 16.8 Å². The number of carbonyl (C=O) groups is 1. The first kappa shape index (κ1) is 15.2. The van der Waals surface area contributed by atoms with E-state index in [1.165, 1.54) is 0 Å². The Balaban J connectivity index is 2.89. The molecule has 0 spiro atoms. The summed E-state index contributed by atoms with van der Waals surface area (Å²) in [6.45, 7) is 3.77. The van der Waals surface area contributed by atoms with Gasteiger partial charge < -0.3 is 11.1 Å². The van der Waals surface area contributed by atoms with E-state index in [0.717, 1.165) is 0 Å². The Morgan fingerprint density at radius 1 is 1.28 bits per heavy atom. The van der Waals surface area contributed by atoms with Crippen LogP contribution in [0.3, 0.4) is 0 Å². The molecule has 0 aromatic heterocycles. The molecule has 18 heavy (non-hydrogen) atoms. The molecule has 0 saturated heterocycles. The van der Waals surface area contributed by atoms with Gasteiger partial charge in [-0.25, -0.2) is 0 Å². The average Bonchev–Trinajstić information content (AvgIpc) is 2.13. The highest BCUT2D eigenvalue weighted by atomic mass is 35.5. The Morgan fingerprint density at radius 3 is 2.17 bits per heavy atom. The van der Waals surface area contributed by atoms with Crippen molar-refractivity contribution in [2.75, 3.05) is 5.32 Å². The lowest BCUT2D eigenvalue weighted by Crippen LogP contribution is -2.36. The molecule has 1 aromatic carbocycles. The van der Waals surface area contributed by atoms with Gasteiger partial charge in [0.1, 0.15) is 0 Å². The monoisotopic (exact) mass is 304 g/mol. The summed E-state index contributed by atoms with van der Waals surface area (Å²) in [6.07, 6.45) is 0. The van der Waals surface area contributed by atoms with Gasteiger partial charge >= 0.3 is 0 Å². The Labute approximate surface area is 122 Å². The van der Waals surface area contributed by atoms with Crippen LogP contribution >= 0.6 is 35.4 Å². The van der Waals surface area contributed by atoms with Crippen LogP contribution in [0.4, 0.5) is 5.69 Å². The number of anilines is 1. The number of nitrogens with two attached hydrogens (primary N) is 1. The van der Waals surface area contributed by atoms with E-state index in [4.69, 9.17) is 41.2 Å². The average molecular weight is 305 g/mol. The summed E-state index contributed by atoms with van der Waals surface area (Å²) in [5, 5.41) is 3.62. The van der Waals surface area contributed by atoms with Crippen molar-refractivity contribution in [2.45, 2.75) is 13.8 Å². The van der Waals surface area contributed by atoms with Gasteiger partial charge in [0.15, 0.2) is 0 Å². The van der Waals surface area contributed by atoms with Gasteiger partial charge in [-0.1, -0.05) is 49.3 Å². The molecule has 0 aliphatic rings. The van der Waals surface area contributed by atoms with E-state index >= 15 is 0 Å². The van der Waals surface area contributed by atoms with Gasteiger partial charge in [0, 0.05) is 15.7 Å². The van der Waals surface area contributed by atoms with Crippen molar-refractivity contribution < 1.29 is 4.79 Å². The predicted molar refractivity (Wildman–Crippen MR) is 80.2 cm³/mol. The third-order valence-corrected chi connectivity index (χ3v) is 3.08. The van der Waals surface area contributed by atoms with E-state index in [1.807, 2.05) is 13.8 Å². The molecule has 1 unspecified atom stereocenters. The molecule has 0 heterocycles. The fourth-order valence-corrected chi connectivity index (χ4v) is 2.51. The molecule has 0 aliphatic carbocycles. The number of halogens is 2. The van der Waals surface area contributed by atoms with Crippen LogP contribution in [0.1, 0.15) is 13.8 Å². The Kier molecular flexibility index (Phi) is 5.38. The maximum Gasteiger partial charge on any atom is 0.234 e. The Hall–Kier alpha value is -0.840. The van der Waals surface area contributed by atoms with E-state index in [1.54, 1.807) is 18.2 Å². The molecule has 6 heteroatoms. The lowest BCUT2D eigenvalue weighted by molar-refractivity contribution is -0.118. The lowest BCUT2D eigenvalue weighted by Gasteiger charge is -2.19. The molecule has 1 rings (SSSR count). The van der Waals surface area contributed by atoms with Crippen LogP contribution in [0.5, 0.6) is 0 Å². The minimum absolute atomic E-state index is 0.0251. The molecule has 0 aliphatic heterocycles. The van der Waals surface area contributed by atoms with Crippen molar-refractivity contribution in [3.63, 3.8) is 0 Å². The van der Waals surface area contributed by atoms with Gasteiger partial charge in [-0.3, -0.25) is 4.79 Å². The normalized spacial score (nSPS) is 12.3. The first-order valence-corrected chi connectivity index (χ1v) is 6.54. The number of amides is 1. The van der Waals surface area contributed by atoms with E-state index in [9.17, 15) is 4.79 Å². The summed E-state index contributed by atoms with van der Waals surface area (Å²) in [7, 11) is 0. The molecular formula is C12H14Cl2N2OS. The summed E-state index contributed by atoms with van der Waals surface area (Å²) in [5.41, 5.74) is 6.10. The van der Waals surface area contributed by atoms with Gasteiger partial charge in [-0.15, -0.1) is 0 Å². The summed E-state index contributed by atoms with van der Waals surface area (Å²) in [4.78, 5) is 12.2. The van der Waals surface area contributed by atoms with Crippen LogP contribution < -0.4 is 11.1 Å². The molecule has 0 bridgehead atoms. The second-order valence-electron chi connectivity index (χ2n) is 4.27. The van der Waals surface area contributed by atoms with E-state index < -0.39 is 5.92 Å². The van der Waals surface area contributed by atoms with Crippen molar-refractivity contribution in [3.05, 3.63) is 28.2 Å². The molecule has 3 N–H and O–H groups in total. The van der Waals surface area contributed by atoms with Crippen LogP contribution in [0, 0.1) is 11.8 Å². The van der Waals surface area contributed by atoms with Gasteiger partial charge in [0.2, 0.25) is 5.91 Å². The summed E-state index contributed by atoms with van der Waals surface area (Å²) in [6, 6.07) is 4.82. The maximum absolute atomic E-state index is 12.1. The first-order valence-electron chi connectivity index (χ1n) is 5.37. The van der Waals surface area contributed by atoms with Crippen molar-refractivity contribution in [1.82, 2.24) is 0 Å². The zero-order valence-corrected chi connectivity index (χ0v) is 12.4. The minimum atomic E-state index is -0.516. The molecule has 1 amide bonds. The third kappa shape index (κ3) is 4.12. The number of hydrogen-bond acceptors (Lipinski definition) is 2. The summed E-state index contributed by atoms with van der Waals surface area (Å²) < 4.78 is 0. The molecule has 0 saturated carbocycles. The number of benzene rings is 1. The van der Waals surface area contributed by atoms with Crippen molar-refractivity contribution >= 4 is 52.0 Å². The van der Waals surface area contributed by atoms with E-state index in [2.05, 4.69) is 5.32 Å². The highest BCUT2D eigenvalue weighted by molar-refractivity contribution is 7.80. The highest BCUT2D eigenvalue weighted by Crippen LogP contribution is 2.23. The standard InChI is InChI=1S/C12H14Cl2N2OS/c1-6(2)10(11(15)18)12(17)16-9-4-7(13)3-8(14)5-9/h3-6,10H,1-2H3,(H2,15,18)(H,16,17). The predicted octanol–water partition coefficient (Wildman–Crippen LogP) is 3.49. The number of rotatable bonds is 4. The molecule has 98 valence electrons. The number of thiocarbonyl (C=S) groups is 1. The lowest BCUT2D eigenvalue weighted by atomic mass is 9.95.